The highest BCUT2D eigenvalue weighted by molar-refractivity contribution is 6.30. The number of phenolic OH excluding ortho intramolecular Hbond substituents is 1. The molecule has 0 fully saturated rings. The van der Waals surface area contributed by atoms with Crippen molar-refractivity contribution in [3.8, 4) is 22.9 Å². The van der Waals surface area contributed by atoms with Gasteiger partial charge in [-0.15, -0.1) is 0 Å². The number of nitriles is 1. The number of hydrogen-bond donors (Lipinski definition) is 1. The zero-order valence-corrected chi connectivity index (χ0v) is 9.37. The molecule has 1 N–H and O–H groups in total. The van der Waals surface area contributed by atoms with Crippen LogP contribution >= 0.6 is 11.6 Å². The highest BCUT2D eigenvalue weighted by Gasteiger charge is 2.06. The van der Waals surface area contributed by atoms with Gasteiger partial charge in [-0.05, 0) is 41.5 Å². The first kappa shape index (κ1) is 11.4. The molecule has 0 saturated carbocycles. The van der Waals surface area contributed by atoms with E-state index in [1.54, 1.807) is 12.1 Å². The second-order valence-electron chi connectivity index (χ2n) is 3.50. The maximum Gasteiger partial charge on any atom is 0.133 e. The quantitative estimate of drug-likeness (QED) is 0.835. The fourth-order valence-electron chi connectivity index (χ4n) is 1.53. The summed E-state index contributed by atoms with van der Waals surface area (Å²) in [5, 5.41) is 18.5. The zero-order valence-electron chi connectivity index (χ0n) is 8.61. The third-order valence-corrected chi connectivity index (χ3v) is 2.53. The van der Waals surface area contributed by atoms with Gasteiger partial charge in [0.1, 0.15) is 17.6 Å². The van der Waals surface area contributed by atoms with Gasteiger partial charge in [-0.3, -0.25) is 0 Å². The van der Waals surface area contributed by atoms with Gasteiger partial charge >= 0.3 is 0 Å². The van der Waals surface area contributed by atoms with E-state index in [2.05, 4.69) is 0 Å². The van der Waals surface area contributed by atoms with Gasteiger partial charge < -0.3 is 5.11 Å². The molecular formula is C13H7ClFNO. The van der Waals surface area contributed by atoms with Crippen LogP contribution in [0.2, 0.25) is 5.02 Å². The summed E-state index contributed by atoms with van der Waals surface area (Å²) in [6.07, 6.45) is 0. The summed E-state index contributed by atoms with van der Waals surface area (Å²) < 4.78 is 13.2. The summed E-state index contributed by atoms with van der Waals surface area (Å²) >= 11 is 5.74. The summed E-state index contributed by atoms with van der Waals surface area (Å²) in [5.74, 6) is -0.582. The van der Waals surface area contributed by atoms with Crippen molar-refractivity contribution < 1.29 is 9.50 Å². The van der Waals surface area contributed by atoms with Gasteiger partial charge in [0.15, 0.2) is 0 Å². The number of rotatable bonds is 1. The molecule has 0 heterocycles. The Morgan fingerprint density at radius 2 is 1.88 bits per heavy atom. The van der Waals surface area contributed by atoms with Crippen molar-refractivity contribution in [2.75, 3.05) is 0 Å². The first-order valence-corrected chi connectivity index (χ1v) is 5.17. The van der Waals surface area contributed by atoms with E-state index in [9.17, 15) is 9.50 Å². The van der Waals surface area contributed by atoms with Crippen LogP contribution in [0.1, 0.15) is 5.56 Å². The molecule has 0 unspecified atom stereocenters. The van der Waals surface area contributed by atoms with Crippen LogP contribution in [0.5, 0.6) is 5.75 Å². The fourth-order valence-corrected chi connectivity index (χ4v) is 1.75. The molecule has 17 heavy (non-hydrogen) atoms. The molecule has 2 nitrogen and oxygen atoms in total. The summed E-state index contributed by atoms with van der Waals surface area (Å²) in [6.45, 7) is 0. The Morgan fingerprint density at radius 1 is 1.12 bits per heavy atom. The molecule has 0 bridgehead atoms. The molecule has 0 atom stereocenters. The normalized spacial score (nSPS) is 9.94. The van der Waals surface area contributed by atoms with Gasteiger partial charge in [0.05, 0.1) is 5.56 Å². The second-order valence-corrected chi connectivity index (χ2v) is 3.94. The van der Waals surface area contributed by atoms with E-state index in [-0.39, 0.29) is 16.3 Å². The third-order valence-electron chi connectivity index (χ3n) is 2.31. The van der Waals surface area contributed by atoms with E-state index in [4.69, 9.17) is 16.9 Å². The molecule has 2 aromatic rings. The van der Waals surface area contributed by atoms with E-state index in [0.29, 0.717) is 11.1 Å². The molecule has 84 valence electrons. The molecular weight excluding hydrogens is 241 g/mol. The molecule has 0 aliphatic heterocycles. The van der Waals surface area contributed by atoms with E-state index < -0.39 is 5.82 Å². The maximum atomic E-state index is 13.2. The predicted octanol–water partition coefficient (Wildman–Crippen LogP) is 3.72. The van der Waals surface area contributed by atoms with Gasteiger partial charge in [0.25, 0.3) is 0 Å². The molecule has 0 aliphatic rings. The topological polar surface area (TPSA) is 44.0 Å². The minimum atomic E-state index is -0.448. The number of aromatic hydroxyl groups is 1. The van der Waals surface area contributed by atoms with Crippen LogP contribution in [0, 0.1) is 17.1 Å². The zero-order chi connectivity index (χ0) is 12.4. The molecule has 4 heteroatoms. The van der Waals surface area contributed by atoms with Crippen LogP contribution < -0.4 is 0 Å². The summed E-state index contributed by atoms with van der Waals surface area (Å²) in [4.78, 5) is 0. The van der Waals surface area contributed by atoms with E-state index in [1.807, 2.05) is 6.07 Å². The van der Waals surface area contributed by atoms with Crippen LogP contribution in [0.15, 0.2) is 36.4 Å². The first-order chi connectivity index (χ1) is 8.10. The van der Waals surface area contributed by atoms with Crippen LogP contribution in [-0.2, 0) is 0 Å². The Labute approximate surface area is 103 Å². The Bertz CT molecular complexity index is 599. The Morgan fingerprint density at radius 3 is 2.47 bits per heavy atom. The molecule has 2 aromatic carbocycles. The van der Waals surface area contributed by atoms with Crippen molar-refractivity contribution in [2.45, 2.75) is 0 Å². The molecule has 0 spiro atoms. The van der Waals surface area contributed by atoms with Gasteiger partial charge in [0, 0.05) is 5.02 Å². The van der Waals surface area contributed by atoms with Crippen LogP contribution in [0.25, 0.3) is 11.1 Å². The first-order valence-electron chi connectivity index (χ1n) is 4.80. The SMILES string of the molecule is N#Cc1ccc(-c2cc(F)cc(Cl)c2)cc1O. The Kier molecular flexibility index (Phi) is 2.99. The summed E-state index contributed by atoms with van der Waals surface area (Å²) in [7, 11) is 0. The molecule has 2 rings (SSSR count). The Balaban J connectivity index is 2.54. The number of hydrogen-bond acceptors (Lipinski definition) is 2. The van der Waals surface area contributed by atoms with Gasteiger partial charge in [-0.25, -0.2) is 4.39 Å². The smallest absolute Gasteiger partial charge is 0.133 e. The lowest BCUT2D eigenvalue weighted by Gasteiger charge is -2.04. The predicted molar refractivity (Wildman–Crippen MR) is 63.2 cm³/mol. The number of phenols is 1. The molecule has 0 aromatic heterocycles. The highest BCUT2D eigenvalue weighted by atomic mass is 35.5. The third kappa shape index (κ3) is 2.38. The van der Waals surface area contributed by atoms with Gasteiger partial charge in [0.2, 0.25) is 0 Å². The number of nitrogens with zero attached hydrogens (tertiary/aromatic N) is 1. The molecule has 0 amide bonds. The largest absolute Gasteiger partial charge is 0.507 e. The second kappa shape index (κ2) is 4.44. The van der Waals surface area contributed by atoms with E-state index >= 15 is 0 Å². The standard InChI is InChI=1S/C13H7ClFNO/c14-11-3-10(4-12(15)6-11)8-1-2-9(7-16)13(17)5-8/h1-6,17H. The lowest BCUT2D eigenvalue weighted by Crippen LogP contribution is -1.83. The lowest BCUT2D eigenvalue weighted by atomic mass is 10.0. The van der Waals surface area contributed by atoms with Crippen LogP contribution in [0.3, 0.4) is 0 Å². The van der Waals surface area contributed by atoms with Crippen molar-refractivity contribution in [3.63, 3.8) is 0 Å². The van der Waals surface area contributed by atoms with Crippen molar-refractivity contribution in [1.82, 2.24) is 0 Å². The maximum absolute atomic E-state index is 13.2. The van der Waals surface area contributed by atoms with Crippen molar-refractivity contribution in [1.29, 1.82) is 5.26 Å². The monoisotopic (exact) mass is 247 g/mol. The minimum absolute atomic E-state index is 0.134. The van der Waals surface area contributed by atoms with Gasteiger partial charge in [-0.1, -0.05) is 17.7 Å². The van der Waals surface area contributed by atoms with Crippen molar-refractivity contribution in [2.24, 2.45) is 0 Å². The highest BCUT2D eigenvalue weighted by Crippen LogP contribution is 2.28. The summed E-state index contributed by atoms with van der Waals surface area (Å²) in [5.41, 5.74) is 1.33. The average molecular weight is 248 g/mol. The number of benzene rings is 2. The van der Waals surface area contributed by atoms with Crippen LogP contribution in [0.4, 0.5) is 4.39 Å². The Hall–Kier alpha value is -2.05. The molecule has 0 radical (unpaired) electrons. The summed E-state index contributed by atoms with van der Waals surface area (Å²) in [6, 6.07) is 10.5. The number of halogens is 2. The van der Waals surface area contributed by atoms with E-state index in [1.165, 1.54) is 24.3 Å². The van der Waals surface area contributed by atoms with Crippen LogP contribution in [-0.4, -0.2) is 5.11 Å². The van der Waals surface area contributed by atoms with Crippen molar-refractivity contribution in [3.05, 3.63) is 52.8 Å². The van der Waals surface area contributed by atoms with E-state index in [0.717, 1.165) is 0 Å². The minimum Gasteiger partial charge on any atom is -0.507 e. The molecule has 0 saturated heterocycles. The van der Waals surface area contributed by atoms with Crippen molar-refractivity contribution >= 4 is 11.6 Å². The molecule has 0 aliphatic carbocycles. The van der Waals surface area contributed by atoms with Gasteiger partial charge in [-0.2, -0.15) is 5.26 Å². The average Bonchev–Trinajstić information content (AvgIpc) is 2.27. The fraction of sp³-hybridized carbons (Fsp3) is 0. The lowest BCUT2D eigenvalue weighted by molar-refractivity contribution is 0.474.